The largest absolute Gasteiger partial charge is 0.314 e. The average Bonchev–Trinajstić information content (AvgIpc) is 2.94. The molecule has 0 aliphatic carbocycles. The molecule has 19 heavy (non-hydrogen) atoms. The standard InChI is InChI=1S/C16H20N2O/c19-16-10-9-13-5-1-2-8-15(13)18(16)12-4-7-14-6-3-11-17-14/h1-2,5,8-10,14,17H,3-4,6-7,11-12H2. The molecule has 2 heterocycles. The predicted octanol–water partition coefficient (Wildman–Crippen LogP) is 2.53. The third kappa shape index (κ3) is 2.71. The summed E-state index contributed by atoms with van der Waals surface area (Å²) in [6.45, 7) is 1.97. The fourth-order valence-electron chi connectivity index (χ4n) is 2.97. The lowest BCUT2D eigenvalue weighted by Crippen LogP contribution is -2.23. The van der Waals surface area contributed by atoms with Gasteiger partial charge in [0, 0.05) is 18.7 Å². The van der Waals surface area contributed by atoms with E-state index in [0.717, 1.165) is 36.8 Å². The summed E-state index contributed by atoms with van der Waals surface area (Å²) in [5, 5.41) is 4.65. The maximum absolute atomic E-state index is 12.0. The summed E-state index contributed by atoms with van der Waals surface area (Å²) in [5.74, 6) is 0. The second-order valence-corrected chi connectivity index (χ2v) is 5.32. The van der Waals surface area contributed by atoms with Gasteiger partial charge in [-0.05, 0) is 49.7 Å². The van der Waals surface area contributed by atoms with Crippen LogP contribution >= 0.6 is 0 Å². The second-order valence-electron chi connectivity index (χ2n) is 5.32. The second kappa shape index (κ2) is 5.57. The molecule has 1 atom stereocenters. The Morgan fingerprint density at radius 1 is 1.21 bits per heavy atom. The monoisotopic (exact) mass is 256 g/mol. The molecule has 0 radical (unpaired) electrons. The Morgan fingerprint density at radius 3 is 2.95 bits per heavy atom. The fourth-order valence-corrected chi connectivity index (χ4v) is 2.97. The van der Waals surface area contributed by atoms with Gasteiger partial charge in [0.15, 0.2) is 0 Å². The number of hydrogen-bond acceptors (Lipinski definition) is 2. The van der Waals surface area contributed by atoms with E-state index < -0.39 is 0 Å². The topological polar surface area (TPSA) is 34.0 Å². The van der Waals surface area contributed by atoms with Crippen molar-refractivity contribution in [2.45, 2.75) is 38.3 Å². The minimum atomic E-state index is 0.109. The Bertz CT molecular complexity index is 611. The van der Waals surface area contributed by atoms with Crippen molar-refractivity contribution in [3.63, 3.8) is 0 Å². The summed E-state index contributed by atoms with van der Waals surface area (Å²) in [7, 11) is 0. The van der Waals surface area contributed by atoms with Crippen molar-refractivity contribution in [3.05, 3.63) is 46.8 Å². The zero-order valence-electron chi connectivity index (χ0n) is 11.1. The first-order valence-corrected chi connectivity index (χ1v) is 7.16. The van der Waals surface area contributed by atoms with Gasteiger partial charge in [0.1, 0.15) is 0 Å². The highest BCUT2D eigenvalue weighted by Gasteiger charge is 2.13. The Labute approximate surface area is 113 Å². The first-order chi connectivity index (χ1) is 9.34. The molecular weight excluding hydrogens is 236 g/mol. The zero-order chi connectivity index (χ0) is 13.1. The van der Waals surface area contributed by atoms with E-state index in [1.165, 1.54) is 12.8 Å². The van der Waals surface area contributed by atoms with Crippen LogP contribution in [0.5, 0.6) is 0 Å². The quantitative estimate of drug-likeness (QED) is 0.912. The normalized spacial score (nSPS) is 19.1. The molecule has 2 aromatic rings. The highest BCUT2D eigenvalue weighted by molar-refractivity contribution is 5.78. The summed E-state index contributed by atoms with van der Waals surface area (Å²) in [6, 6.07) is 12.3. The summed E-state index contributed by atoms with van der Waals surface area (Å²) in [5.41, 5.74) is 1.16. The molecule has 3 rings (SSSR count). The van der Waals surface area contributed by atoms with Crippen LogP contribution in [0.25, 0.3) is 10.9 Å². The van der Waals surface area contributed by atoms with Crippen LogP contribution in [-0.4, -0.2) is 17.2 Å². The van der Waals surface area contributed by atoms with Gasteiger partial charge in [-0.3, -0.25) is 4.79 Å². The maximum Gasteiger partial charge on any atom is 0.251 e. The SMILES string of the molecule is O=c1ccc2ccccc2n1CCCC1CCCN1. The molecule has 100 valence electrons. The van der Waals surface area contributed by atoms with Crippen LogP contribution in [0.2, 0.25) is 0 Å². The minimum absolute atomic E-state index is 0.109. The predicted molar refractivity (Wildman–Crippen MR) is 78.5 cm³/mol. The van der Waals surface area contributed by atoms with E-state index in [9.17, 15) is 4.79 Å². The van der Waals surface area contributed by atoms with E-state index in [1.54, 1.807) is 6.07 Å². The van der Waals surface area contributed by atoms with Gasteiger partial charge in [-0.25, -0.2) is 0 Å². The molecule has 1 aliphatic rings. The van der Waals surface area contributed by atoms with Gasteiger partial charge >= 0.3 is 0 Å². The third-order valence-corrected chi connectivity index (χ3v) is 4.00. The van der Waals surface area contributed by atoms with Crippen LogP contribution in [0, 0.1) is 0 Å². The molecule has 3 heteroatoms. The first kappa shape index (κ1) is 12.4. The molecule has 1 N–H and O–H groups in total. The number of benzene rings is 1. The van der Waals surface area contributed by atoms with Gasteiger partial charge in [0.05, 0.1) is 5.52 Å². The summed E-state index contributed by atoms with van der Waals surface area (Å²) in [4.78, 5) is 12.0. The van der Waals surface area contributed by atoms with Gasteiger partial charge in [0.2, 0.25) is 0 Å². The molecule has 1 saturated heterocycles. The maximum atomic E-state index is 12.0. The summed E-state index contributed by atoms with van der Waals surface area (Å²) >= 11 is 0. The molecule has 1 aromatic carbocycles. The van der Waals surface area contributed by atoms with Crippen molar-refractivity contribution in [1.82, 2.24) is 9.88 Å². The number of nitrogens with one attached hydrogen (secondary N) is 1. The van der Waals surface area contributed by atoms with E-state index in [4.69, 9.17) is 0 Å². The van der Waals surface area contributed by atoms with Crippen LogP contribution < -0.4 is 10.9 Å². The molecule has 1 fully saturated rings. The number of aryl methyl sites for hydroxylation is 1. The van der Waals surface area contributed by atoms with Gasteiger partial charge in [-0.2, -0.15) is 0 Å². The smallest absolute Gasteiger partial charge is 0.251 e. The van der Waals surface area contributed by atoms with Gasteiger partial charge < -0.3 is 9.88 Å². The summed E-state index contributed by atoms with van der Waals surface area (Å²) in [6.07, 6.45) is 4.80. The molecule has 0 saturated carbocycles. The van der Waals surface area contributed by atoms with Crippen LogP contribution in [0.15, 0.2) is 41.2 Å². The Hall–Kier alpha value is -1.61. The molecule has 1 unspecified atom stereocenters. The van der Waals surface area contributed by atoms with E-state index in [1.807, 2.05) is 28.8 Å². The van der Waals surface area contributed by atoms with Crippen molar-refractivity contribution in [1.29, 1.82) is 0 Å². The fraction of sp³-hybridized carbons (Fsp3) is 0.438. The molecule has 3 nitrogen and oxygen atoms in total. The third-order valence-electron chi connectivity index (χ3n) is 4.00. The van der Waals surface area contributed by atoms with Crippen LogP contribution in [0.3, 0.4) is 0 Å². The minimum Gasteiger partial charge on any atom is -0.314 e. The van der Waals surface area contributed by atoms with Crippen molar-refractivity contribution < 1.29 is 0 Å². The molecule has 1 aliphatic heterocycles. The molecular formula is C16H20N2O. The van der Waals surface area contributed by atoms with Crippen LogP contribution in [0.1, 0.15) is 25.7 Å². The number of aromatic nitrogens is 1. The van der Waals surface area contributed by atoms with Gasteiger partial charge in [-0.15, -0.1) is 0 Å². The lowest BCUT2D eigenvalue weighted by atomic mass is 10.1. The lowest BCUT2D eigenvalue weighted by molar-refractivity contribution is 0.502. The molecule has 0 spiro atoms. The lowest BCUT2D eigenvalue weighted by Gasteiger charge is -2.12. The Morgan fingerprint density at radius 2 is 2.11 bits per heavy atom. The van der Waals surface area contributed by atoms with Crippen molar-refractivity contribution in [2.24, 2.45) is 0 Å². The van der Waals surface area contributed by atoms with Crippen molar-refractivity contribution in [3.8, 4) is 0 Å². The Balaban J connectivity index is 1.76. The number of hydrogen-bond donors (Lipinski definition) is 1. The van der Waals surface area contributed by atoms with Crippen LogP contribution in [0.4, 0.5) is 0 Å². The zero-order valence-corrected chi connectivity index (χ0v) is 11.1. The highest BCUT2D eigenvalue weighted by atomic mass is 16.1. The molecule has 0 bridgehead atoms. The van der Waals surface area contributed by atoms with Gasteiger partial charge in [0.25, 0.3) is 5.56 Å². The number of pyridine rings is 1. The Kier molecular flexibility index (Phi) is 3.65. The van der Waals surface area contributed by atoms with Crippen molar-refractivity contribution >= 4 is 10.9 Å². The van der Waals surface area contributed by atoms with Crippen LogP contribution in [-0.2, 0) is 6.54 Å². The molecule has 0 amide bonds. The van der Waals surface area contributed by atoms with E-state index >= 15 is 0 Å². The number of fused-ring (bicyclic) bond motifs is 1. The number of rotatable bonds is 4. The highest BCUT2D eigenvalue weighted by Crippen LogP contribution is 2.14. The number of nitrogens with zero attached hydrogens (tertiary/aromatic N) is 1. The summed E-state index contributed by atoms with van der Waals surface area (Å²) < 4.78 is 1.91. The van der Waals surface area contributed by atoms with Crippen molar-refractivity contribution in [2.75, 3.05) is 6.54 Å². The van der Waals surface area contributed by atoms with E-state index in [2.05, 4.69) is 11.4 Å². The average molecular weight is 256 g/mol. The molecule has 1 aromatic heterocycles. The van der Waals surface area contributed by atoms with E-state index in [0.29, 0.717) is 6.04 Å². The number of para-hydroxylation sites is 1. The van der Waals surface area contributed by atoms with Gasteiger partial charge in [-0.1, -0.05) is 18.2 Å². The first-order valence-electron chi connectivity index (χ1n) is 7.16. The van der Waals surface area contributed by atoms with E-state index in [-0.39, 0.29) is 5.56 Å².